The van der Waals surface area contributed by atoms with Crippen LogP contribution < -0.4 is 5.32 Å². The van der Waals surface area contributed by atoms with Gasteiger partial charge in [-0.2, -0.15) is 0 Å². The van der Waals surface area contributed by atoms with E-state index in [1.165, 1.54) is 0 Å². The quantitative estimate of drug-likeness (QED) is 0.591. The first kappa shape index (κ1) is 16.3. The second-order valence-electron chi connectivity index (χ2n) is 5.77. The number of thioether (sulfide) groups is 1. The van der Waals surface area contributed by atoms with E-state index in [1.54, 1.807) is 18.0 Å². The summed E-state index contributed by atoms with van der Waals surface area (Å²) in [7, 11) is 0. The van der Waals surface area contributed by atoms with Crippen LogP contribution in [0.3, 0.4) is 0 Å². The summed E-state index contributed by atoms with van der Waals surface area (Å²) in [6.45, 7) is 6.36. The molecule has 0 spiro atoms. The molecule has 2 unspecified atom stereocenters. The lowest BCUT2D eigenvalue weighted by Gasteiger charge is -2.31. The molecule has 1 aromatic heterocycles. The van der Waals surface area contributed by atoms with Crippen LogP contribution in [0.25, 0.3) is 0 Å². The molecule has 5 heteroatoms. The minimum Gasteiger partial charge on any atom is -0.465 e. The number of carbonyl (C=O) groups excluding carboxylic acids is 1. The number of ether oxygens (including phenoxy) is 1. The molecule has 0 bridgehead atoms. The summed E-state index contributed by atoms with van der Waals surface area (Å²) in [6, 6.07) is 6.35. The van der Waals surface area contributed by atoms with E-state index in [2.05, 4.69) is 17.2 Å². The molecule has 1 aliphatic carbocycles. The molecule has 1 aromatic rings. The fourth-order valence-corrected chi connectivity index (χ4v) is 3.52. The van der Waals surface area contributed by atoms with E-state index in [9.17, 15) is 4.79 Å². The zero-order chi connectivity index (χ0) is 15.3. The van der Waals surface area contributed by atoms with E-state index in [-0.39, 0.29) is 11.2 Å². The maximum atomic E-state index is 12.3. The number of aromatic nitrogens is 1. The maximum absolute atomic E-state index is 12.3. The van der Waals surface area contributed by atoms with Crippen molar-refractivity contribution in [2.45, 2.75) is 61.9 Å². The van der Waals surface area contributed by atoms with Crippen molar-refractivity contribution in [1.82, 2.24) is 10.3 Å². The van der Waals surface area contributed by atoms with Crippen LogP contribution in [0.5, 0.6) is 0 Å². The van der Waals surface area contributed by atoms with Crippen LogP contribution in [0.2, 0.25) is 0 Å². The van der Waals surface area contributed by atoms with Crippen molar-refractivity contribution in [3.63, 3.8) is 0 Å². The molecular formula is C16H24N2O2S. The molecule has 0 saturated heterocycles. The van der Waals surface area contributed by atoms with Crippen molar-refractivity contribution < 1.29 is 9.53 Å². The Kier molecular flexibility index (Phi) is 5.65. The van der Waals surface area contributed by atoms with E-state index in [0.29, 0.717) is 12.6 Å². The standard InChI is InChI=1S/C16H24N2O2S/c1-4-20-15(19)16(3,18-13-8-9-13)11-12(2)21-14-7-5-6-10-17-14/h5-7,10,12-13,18H,4,8-9,11H2,1-3H3. The van der Waals surface area contributed by atoms with Gasteiger partial charge in [-0.05, 0) is 45.2 Å². The van der Waals surface area contributed by atoms with Crippen molar-refractivity contribution in [2.24, 2.45) is 0 Å². The number of hydrogen-bond donors (Lipinski definition) is 1. The van der Waals surface area contributed by atoms with Gasteiger partial charge in [0.1, 0.15) is 5.54 Å². The first-order chi connectivity index (χ1) is 10.0. The van der Waals surface area contributed by atoms with Crippen LogP contribution >= 0.6 is 11.8 Å². The normalized spacial score (nSPS) is 18.8. The van der Waals surface area contributed by atoms with Crippen LogP contribution in [-0.2, 0) is 9.53 Å². The highest BCUT2D eigenvalue weighted by Gasteiger charge is 2.40. The predicted molar refractivity (Wildman–Crippen MR) is 85.4 cm³/mol. The third-order valence-electron chi connectivity index (χ3n) is 3.48. The monoisotopic (exact) mass is 308 g/mol. The molecule has 0 aliphatic heterocycles. The summed E-state index contributed by atoms with van der Waals surface area (Å²) in [4.78, 5) is 16.6. The number of carbonyl (C=O) groups is 1. The molecule has 0 amide bonds. The predicted octanol–water partition coefficient (Wildman–Crippen LogP) is 3.03. The number of nitrogens with zero attached hydrogens (tertiary/aromatic N) is 1. The van der Waals surface area contributed by atoms with Gasteiger partial charge in [0, 0.05) is 17.5 Å². The molecule has 1 aliphatic rings. The summed E-state index contributed by atoms with van der Waals surface area (Å²) in [5, 5.41) is 4.73. The summed E-state index contributed by atoms with van der Waals surface area (Å²) < 4.78 is 5.26. The highest BCUT2D eigenvalue weighted by atomic mass is 32.2. The molecule has 0 aromatic carbocycles. The third-order valence-corrected chi connectivity index (χ3v) is 4.53. The lowest BCUT2D eigenvalue weighted by Crippen LogP contribution is -2.52. The van der Waals surface area contributed by atoms with Crippen molar-refractivity contribution >= 4 is 17.7 Å². The Morgan fingerprint density at radius 3 is 2.90 bits per heavy atom. The Morgan fingerprint density at radius 2 is 2.33 bits per heavy atom. The smallest absolute Gasteiger partial charge is 0.326 e. The number of esters is 1. The van der Waals surface area contributed by atoms with Gasteiger partial charge in [-0.25, -0.2) is 4.98 Å². The Balaban J connectivity index is 1.98. The number of hydrogen-bond acceptors (Lipinski definition) is 5. The maximum Gasteiger partial charge on any atom is 0.326 e. The van der Waals surface area contributed by atoms with Gasteiger partial charge in [-0.1, -0.05) is 13.0 Å². The number of nitrogens with one attached hydrogen (secondary N) is 1. The van der Waals surface area contributed by atoms with E-state index in [0.717, 1.165) is 24.3 Å². The lowest BCUT2D eigenvalue weighted by molar-refractivity contribution is -0.150. The molecular weight excluding hydrogens is 284 g/mol. The number of rotatable bonds is 8. The molecule has 4 nitrogen and oxygen atoms in total. The van der Waals surface area contributed by atoms with Crippen LogP contribution in [-0.4, -0.2) is 34.4 Å². The summed E-state index contributed by atoms with van der Waals surface area (Å²) in [5.41, 5.74) is -0.613. The Morgan fingerprint density at radius 1 is 1.57 bits per heavy atom. The minimum absolute atomic E-state index is 0.148. The van der Waals surface area contributed by atoms with Gasteiger partial charge in [0.15, 0.2) is 0 Å². The van der Waals surface area contributed by atoms with E-state index >= 15 is 0 Å². The highest BCUT2D eigenvalue weighted by Crippen LogP contribution is 2.31. The minimum atomic E-state index is -0.613. The van der Waals surface area contributed by atoms with Gasteiger partial charge in [0.25, 0.3) is 0 Å². The first-order valence-electron chi connectivity index (χ1n) is 7.56. The molecule has 1 fully saturated rings. The van der Waals surface area contributed by atoms with Gasteiger partial charge >= 0.3 is 5.97 Å². The molecule has 1 heterocycles. The summed E-state index contributed by atoms with van der Waals surface area (Å²) >= 11 is 1.69. The fourth-order valence-electron chi connectivity index (χ4n) is 2.41. The van der Waals surface area contributed by atoms with Crippen LogP contribution in [0, 0.1) is 0 Å². The van der Waals surface area contributed by atoms with E-state index < -0.39 is 5.54 Å². The second-order valence-corrected chi connectivity index (χ2v) is 7.23. The van der Waals surface area contributed by atoms with Crippen molar-refractivity contribution in [2.75, 3.05) is 6.61 Å². The van der Waals surface area contributed by atoms with Crippen molar-refractivity contribution in [1.29, 1.82) is 0 Å². The first-order valence-corrected chi connectivity index (χ1v) is 8.44. The zero-order valence-corrected chi connectivity index (χ0v) is 13.8. The van der Waals surface area contributed by atoms with Crippen molar-refractivity contribution in [3.8, 4) is 0 Å². The summed E-state index contributed by atoms with van der Waals surface area (Å²) in [5.74, 6) is -0.148. The average Bonchev–Trinajstić information content (AvgIpc) is 3.23. The van der Waals surface area contributed by atoms with Gasteiger partial charge in [0.2, 0.25) is 0 Å². The Bertz CT molecular complexity index is 465. The molecule has 116 valence electrons. The van der Waals surface area contributed by atoms with Gasteiger partial charge < -0.3 is 4.74 Å². The third kappa shape index (κ3) is 5.00. The topological polar surface area (TPSA) is 51.2 Å². The fraction of sp³-hybridized carbons (Fsp3) is 0.625. The van der Waals surface area contributed by atoms with Crippen LogP contribution in [0.1, 0.15) is 40.0 Å². The molecule has 2 rings (SSSR count). The van der Waals surface area contributed by atoms with Gasteiger partial charge in [-0.15, -0.1) is 11.8 Å². The Labute approximate surface area is 131 Å². The molecule has 21 heavy (non-hydrogen) atoms. The highest BCUT2D eigenvalue weighted by molar-refractivity contribution is 7.99. The van der Waals surface area contributed by atoms with Gasteiger partial charge in [0.05, 0.1) is 11.6 Å². The van der Waals surface area contributed by atoms with Gasteiger partial charge in [-0.3, -0.25) is 10.1 Å². The molecule has 1 saturated carbocycles. The van der Waals surface area contributed by atoms with Crippen molar-refractivity contribution in [3.05, 3.63) is 24.4 Å². The largest absolute Gasteiger partial charge is 0.465 e. The van der Waals surface area contributed by atoms with Crippen LogP contribution in [0.4, 0.5) is 0 Å². The molecule has 1 N–H and O–H groups in total. The second kappa shape index (κ2) is 7.27. The molecule has 0 radical (unpaired) electrons. The van der Waals surface area contributed by atoms with E-state index in [1.807, 2.05) is 32.0 Å². The van der Waals surface area contributed by atoms with Crippen LogP contribution in [0.15, 0.2) is 29.4 Å². The Hall–Kier alpha value is -1.07. The number of pyridine rings is 1. The van der Waals surface area contributed by atoms with E-state index in [4.69, 9.17) is 4.74 Å². The zero-order valence-electron chi connectivity index (χ0n) is 13.0. The summed E-state index contributed by atoms with van der Waals surface area (Å²) in [6.07, 6.45) is 4.82. The average molecular weight is 308 g/mol. The SMILES string of the molecule is CCOC(=O)C(C)(CC(C)Sc1ccccn1)NC1CC1. The molecule has 2 atom stereocenters. The lowest BCUT2D eigenvalue weighted by atomic mass is 9.95.